The Morgan fingerprint density at radius 2 is 2.00 bits per heavy atom. The van der Waals surface area contributed by atoms with Gasteiger partial charge in [0.05, 0.1) is 5.60 Å². The van der Waals surface area contributed by atoms with Gasteiger partial charge in [-0.15, -0.1) is 0 Å². The van der Waals surface area contributed by atoms with Crippen LogP contribution in [0.5, 0.6) is 0 Å². The highest BCUT2D eigenvalue weighted by Crippen LogP contribution is 2.04. The maximum absolute atomic E-state index is 9.29. The number of rotatable bonds is 3. The zero-order chi connectivity index (χ0) is 8.91. The van der Waals surface area contributed by atoms with Gasteiger partial charge in [0.2, 0.25) is 0 Å². The van der Waals surface area contributed by atoms with Crippen molar-refractivity contribution in [1.82, 2.24) is 0 Å². The van der Waals surface area contributed by atoms with E-state index >= 15 is 0 Å². The maximum atomic E-state index is 9.29. The van der Waals surface area contributed by atoms with Gasteiger partial charge >= 0.3 is 0 Å². The molecule has 0 aliphatic heterocycles. The van der Waals surface area contributed by atoms with Gasteiger partial charge < -0.3 is 5.11 Å². The lowest BCUT2D eigenvalue weighted by atomic mass is 10.1. The molecule has 0 saturated heterocycles. The zero-order valence-corrected chi connectivity index (χ0v) is 7.89. The molecule has 1 heteroatoms. The molecule has 64 valence electrons. The first-order chi connectivity index (χ1) is 4.95. The third-order valence-electron chi connectivity index (χ3n) is 1.44. The molecule has 0 saturated carbocycles. The van der Waals surface area contributed by atoms with Gasteiger partial charge in [0.15, 0.2) is 0 Å². The van der Waals surface area contributed by atoms with E-state index in [4.69, 9.17) is 0 Å². The van der Waals surface area contributed by atoms with Crippen molar-refractivity contribution in [1.29, 1.82) is 0 Å². The minimum absolute atomic E-state index is 0.690. The molecule has 0 aromatic rings. The Labute approximate surface area is 69.4 Å². The largest absolute Gasteiger partial charge is 0.386 e. The van der Waals surface area contributed by atoms with Gasteiger partial charge in [-0.1, -0.05) is 30.7 Å². The highest BCUT2D eigenvalue weighted by atomic mass is 16.3. The van der Waals surface area contributed by atoms with Crippen LogP contribution < -0.4 is 0 Å². The smallest absolute Gasteiger partial charge is 0.0774 e. The Bertz CT molecular complexity index is 158. The Kier molecular flexibility index (Phi) is 4.12. The predicted octanol–water partition coefficient (Wildman–Crippen LogP) is 2.67. The lowest BCUT2D eigenvalue weighted by Crippen LogP contribution is -2.13. The molecule has 1 nitrogen and oxygen atoms in total. The zero-order valence-electron chi connectivity index (χ0n) is 7.89. The van der Waals surface area contributed by atoms with Crippen LogP contribution in [0.4, 0.5) is 0 Å². The van der Waals surface area contributed by atoms with Crippen molar-refractivity contribution >= 4 is 0 Å². The molecular weight excluding hydrogens is 136 g/mol. The molecule has 0 radical (unpaired) electrons. The van der Waals surface area contributed by atoms with E-state index in [-0.39, 0.29) is 0 Å². The van der Waals surface area contributed by atoms with Crippen molar-refractivity contribution in [2.45, 2.75) is 39.7 Å². The van der Waals surface area contributed by atoms with Crippen molar-refractivity contribution in [2.75, 3.05) is 0 Å². The first-order valence-corrected chi connectivity index (χ1v) is 4.03. The van der Waals surface area contributed by atoms with Crippen LogP contribution in [0.15, 0.2) is 23.8 Å². The number of hydrogen-bond acceptors (Lipinski definition) is 1. The van der Waals surface area contributed by atoms with Gasteiger partial charge in [0, 0.05) is 0 Å². The second-order valence-electron chi connectivity index (χ2n) is 3.38. The Morgan fingerprint density at radius 3 is 2.36 bits per heavy atom. The SMILES string of the molecule is CCC(C)=C/C=C/C(C)(C)O. The van der Waals surface area contributed by atoms with E-state index in [9.17, 15) is 5.11 Å². The molecule has 0 bridgehead atoms. The van der Waals surface area contributed by atoms with Crippen molar-refractivity contribution < 1.29 is 5.11 Å². The Hall–Kier alpha value is -0.560. The summed E-state index contributed by atoms with van der Waals surface area (Å²) >= 11 is 0. The molecule has 0 aliphatic carbocycles. The molecule has 0 rings (SSSR count). The molecule has 0 aromatic heterocycles. The standard InChI is InChI=1S/C10H18O/c1-5-9(2)7-6-8-10(3,4)11/h6-8,11H,5H2,1-4H3/b8-6+,9-7?. The van der Waals surface area contributed by atoms with Gasteiger partial charge in [0.25, 0.3) is 0 Å². The first kappa shape index (κ1) is 10.4. The third kappa shape index (κ3) is 7.34. The molecule has 0 fully saturated rings. The van der Waals surface area contributed by atoms with E-state index in [1.807, 2.05) is 12.2 Å². The molecule has 1 N–H and O–H groups in total. The summed E-state index contributed by atoms with van der Waals surface area (Å²) in [6, 6.07) is 0. The van der Waals surface area contributed by atoms with Crippen LogP contribution >= 0.6 is 0 Å². The van der Waals surface area contributed by atoms with E-state index in [1.165, 1.54) is 5.57 Å². The van der Waals surface area contributed by atoms with Crippen molar-refractivity contribution in [3.8, 4) is 0 Å². The summed E-state index contributed by atoms with van der Waals surface area (Å²) in [4.78, 5) is 0. The van der Waals surface area contributed by atoms with Gasteiger partial charge in [-0.25, -0.2) is 0 Å². The fourth-order valence-electron chi connectivity index (χ4n) is 0.566. The second kappa shape index (κ2) is 4.35. The monoisotopic (exact) mass is 154 g/mol. The van der Waals surface area contributed by atoms with Crippen LogP contribution in [0.3, 0.4) is 0 Å². The van der Waals surface area contributed by atoms with E-state index in [1.54, 1.807) is 19.9 Å². The molecule has 0 atom stereocenters. The Morgan fingerprint density at radius 1 is 1.45 bits per heavy atom. The first-order valence-electron chi connectivity index (χ1n) is 4.03. The van der Waals surface area contributed by atoms with Crippen LogP contribution in [0.1, 0.15) is 34.1 Å². The maximum Gasteiger partial charge on any atom is 0.0774 e. The highest BCUT2D eigenvalue weighted by molar-refractivity contribution is 5.12. The molecule has 0 aliphatic rings. The van der Waals surface area contributed by atoms with Crippen molar-refractivity contribution in [3.63, 3.8) is 0 Å². The second-order valence-corrected chi connectivity index (χ2v) is 3.38. The summed E-state index contributed by atoms with van der Waals surface area (Å²) in [5.41, 5.74) is 0.635. The summed E-state index contributed by atoms with van der Waals surface area (Å²) in [6.45, 7) is 7.72. The van der Waals surface area contributed by atoms with Crippen LogP contribution in [-0.4, -0.2) is 10.7 Å². The molecule has 11 heavy (non-hydrogen) atoms. The van der Waals surface area contributed by atoms with Gasteiger partial charge in [0.1, 0.15) is 0 Å². The Balaban J connectivity index is 3.96. The summed E-state index contributed by atoms with van der Waals surface area (Å²) in [5.74, 6) is 0. The molecular formula is C10H18O. The topological polar surface area (TPSA) is 20.2 Å². The van der Waals surface area contributed by atoms with Gasteiger partial charge in [-0.05, 0) is 27.2 Å². The molecule has 0 heterocycles. The van der Waals surface area contributed by atoms with Crippen molar-refractivity contribution in [2.24, 2.45) is 0 Å². The normalized spacial score (nSPS) is 14.5. The summed E-state index contributed by atoms with van der Waals surface area (Å²) in [5, 5.41) is 9.29. The van der Waals surface area contributed by atoms with Crippen LogP contribution in [0.25, 0.3) is 0 Å². The number of aliphatic hydroxyl groups is 1. The molecule has 0 unspecified atom stereocenters. The molecule has 0 aromatic carbocycles. The van der Waals surface area contributed by atoms with Gasteiger partial charge in [-0.2, -0.15) is 0 Å². The van der Waals surface area contributed by atoms with Crippen LogP contribution in [0.2, 0.25) is 0 Å². The average molecular weight is 154 g/mol. The lowest BCUT2D eigenvalue weighted by Gasteiger charge is -2.09. The minimum atomic E-state index is -0.690. The van der Waals surface area contributed by atoms with Gasteiger partial charge in [-0.3, -0.25) is 0 Å². The average Bonchev–Trinajstić information content (AvgIpc) is 1.85. The number of hydrogen-bond donors (Lipinski definition) is 1. The number of allylic oxidation sites excluding steroid dienone is 3. The minimum Gasteiger partial charge on any atom is -0.386 e. The highest BCUT2D eigenvalue weighted by Gasteiger charge is 2.04. The van der Waals surface area contributed by atoms with E-state index in [0.717, 1.165) is 6.42 Å². The summed E-state index contributed by atoms with van der Waals surface area (Å²) < 4.78 is 0. The third-order valence-corrected chi connectivity index (χ3v) is 1.44. The molecule has 0 amide bonds. The summed E-state index contributed by atoms with van der Waals surface area (Å²) in [6.07, 6.45) is 6.78. The molecule has 0 spiro atoms. The quantitative estimate of drug-likeness (QED) is 0.620. The van der Waals surface area contributed by atoms with Crippen LogP contribution in [-0.2, 0) is 0 Å². The lowest BCUT2D eigenvalue weighted by molar-refractivity contribution is 0.133. The fraction of sp³-hybridized carbons (Fsp3) is 0.600. The van der Waals surface area contributed by atoms with Crippen molar-refractivity contribution in [3.05, 3.63) is 23.8 Å². The predicted molar refractivity (Wildman–Crippen MR) is 49.5 cm³/mol. The summed E-state index contributed by atoms with van der Waals surface area (Å²) in [7, 11) is 0. The van der Waals surface area contributed by atoms with E-state index in [2.05, 4.69) is 13.8 Å². The van der Waals surface area contributed by atoms with E-state index < -0.39 is 5.60 Å². The fourth-order valence-corrected chi connectivity index (χ4v) is 0.566. The van der Waals surface area contributed by atoms with E-state index in [0.29, 0.717) is 0 Å². The van der Waals surface area contributed by atoms with Crippen LogP contribution in [0, 0.1) is 0 Å².